The summed E-state index contributed by atoms with van der Waals surface area (Å²) in [6.07, 6.45) is 1.76. The van der Waals surface area contributed by atoms with Gasteiger partial charge in [0.1, 0.15) is 11.4 Å². The number of amides is 1. The van der Waals surface area contributed by atoms with E-state index in [1.165, 1.54) is 17.8 Å². The molecule has 2 aliphatic heterocycles. The van der Waals surface area contributed by atoms with E-state index >= 15 is 0 Å². The molecule has 2 aromatic carbocycles. The smallest absolute Gasteiger partial charge is 0.292 e. The van der Waals surface area contributed by atoms with E-state index in [0.717, 1.165) is 5.56 Å². The van der Waals surface area contributed by atoms with Crippen LogP contribution in [0.4, 0.5) is 11.4 Å². The fourth-order valence-corrected chi connectivity index (χ4v) is 4.24. The van der Waals surface area contributed by atoms with Crippen molar-refractivity contribution in [2.75, 3.05) is 31.1 Å². The number of piperazine rings is 1. The number of nitro benzene ring substituents is 1. The number of aromatic hydroxyl groups is 1. The van der Waals surface area contributed by atoms with E-state index in [1.54, 1.807) is 48.5 Å². The largest absolute Gasteiger partial charge is 0.508 e. The molecule has 29 heavy (non-hydrogen) atoms. The van der Waals surface area contributed by atoms with E-state index in [-0.39, 0.29) is 22.3 Å². The Labute approximate surface area is 171 Å². The van der Waals surface area contributed by atoms with Gasteiger partial charge in [-0.25, -0.2) is 0 Å². The monoisotopic (exact) mass is 410 g/mol. The van der Waals surface area contributed by atoms with Crippen molar-refractivity contribution >= 4 is 40.3 Å². The number of rotatable bonds is 3. The second-order valence-corrected chi connectivity index (χ2v) is 7.63. The van der Waals surface area contributed by atoms with Crippen LogP contribution in [-0.2, 0) is 4.79 Å². The Morgan fingerprint density at radius 1 is 1.03 bits per heavy atom. The molecule has 9 heteroatoms. The molecule has 0 bridgehead atoms. The number of thioether (sulfide) groups is 1. The Morgan fingerprint density at radius 3 is 2.38 bits per heavy atom. The van der Waals surface area contributed by atoms with Gasteiger partial charge >= 0.3 is 0 Å². The van der Waals surface area contributed by atoms with Crippen LogP contribution in [0.1, 0.15) is 5.56 Å². The van der Waals surface area contributed by atoms with Gasteiger partial charge in [-0.2, -0.15) is 4.99 Å². The number of benzene rings is 2. The molecule has 0 atom stereocenters. The Kier molecular flexibility index (Phi) is 5.22. The fourth-order valence-electron chi connectivity index (χ4n) is 3.28. The van der Waals surface area contributed by atoms with Gasteiger partial charge in [-0.15, -0.1) is 0 Å². The van der Waals surface area contributed by atoms with Crippen LogP contribution in [0.3, 0.4) is 0 Å². The van der Waals surface area contributed by atoms with Crippen LogP contribution in [0.5, 0.6) is 5.75 Å². The topological polar surface area (TPSA) is 99.3 Å². The van der Waals surface area contributed by atoms with Crippen molar-refractivity contribution in [2.45, 2.75) is 0 Å². The predicted molar refractivity (Wildman–Crippen MR) is 113 cm³/mol. The first kappa shape index (κ1) is 19.0. The Balaban J connectivity index is 1.42. The van der Waals surface area contributed by atoms with Crippen molar-refractivity contribution in [3.8, 4) is 5.75 Å². The first-order valence-corrected chi connectivity index (χ1v) is 9.88. The van der Waals surface area contributed by atoms with Crippen molar-refractivity contribution in [2.24, 2.45) is 4.99 Å². The SMILES string of the molecule is O=C1N=C(N2CCN(c3ccccc3[N+](=O)[O-])CC2)SC1=Cc1ccc(O)cc1. The molecule has 0 saturated carbocycles. The zero-order valence-corrected chi connectivity index (χ0v) is 16.2. The number of nitro groups is 1. The summed E-state index contributed by atoms with van der Waals surface area (Å²) in [6.45, 7) is 2.46. The molecule has 1 fully saturated rings. The number of nitrogens with zero attached hydrogens (tertiary/aromatic N) is 4. The van der Waals surface area contributed by atoms with Crippen molar-refractivity contribution in [1.29, 1.82) is 0 Å². The average molecular weight is 410 g/mol. The summed E-state index contributed by atoms with van der Waals surface area (Å²) >= 11 is 1.33. The highest BCUT2D eigenvalue weighted by Gasteiger charge is 2.30. The van der Waals surface area contributed by atoms with E-state index in [2.05, 4.69) is 4.99 Å². The second-order valence-electron chi connectivity index (χ2n) is 6.62. The summed E-state index contributed by atoms with van der Waals surface area (Å²) < 4.78 is 0. The van der Waals surface area contributed by atoms with Gasteiger partial charge in [0, 0.05) is 32.2 Å². The van der Waals surface area contributed by atoms with E-state index < -0.39 is 0 Å². The van der Waals surface area contributed by atoms with Crippen LogP contribution in [0, 0.1) is 10.1 Å². The van der Waals surface area contributed by atoms with Gasteiger partial charge in [0.15, 0.2) is 5.17 Å². The summed E-state index contributed by atoms with van der Waals surface area (Å²) in [6, 6.07) is 13.3. The number of hydrogen-bond donors (Lipinski definition) is 1. The molecule has 0 aromatic heterocycles. The molecule has 2 aliphatic rings. The standard InChI is InChI=1S/C20H18N4O4S/c25-15-7-5-14(6-8-15)13-18-19(26)21-20(29-18)23-11-9-22(10-12-23)16-3-1-2-4-17(16)24(27)28/h1-8,13,25H,9-12H2. The van der Waals surface area contributed by atoms with Crippen LogP contribution in [0.15, 0.2) is 58.4 Å². The molecule has 2 aromatic rings. The fraction of sp³-hybridized carbons (Fsp3) is 0.200. The van der Waals surface area contributed by atoms with Crippen LogP contribution >= 0.6 is 11.8 Å². The molecule has 2 heterocycles. The van der Waals surface area contributed by atoms with E-state index in [1.807, 2.05) is 9.80 Å². The predicted octanol–water partition coefficient (Wildman–Crippen LogP) is 3.09. The van der Waals surface area contributed by atoms with Crippen molar-refractivity contribution in [1.82, 2.24) is 4.90 Å². The van der Waals surface area contributed by atoms with E-state index in [0.29, 0.717) is 41.9 Å². The maximum absolute atomic E-state index is 12.3. The molecule has 1 saturated heterocycles. The lowest BCUT2D eigenvalue weighted by molar-refractivity contribution is -0.384. The number of aliphatic imine (C=N–C) groups is 1. The zero-order chi connectivity index (χ0) is 20.4. The molecule has 0 aliphatic carbocycles. The molecule has 1 N–H and O–H groups in total. The summed E-state index contributed by atoms with van der Waals surface area (Å²) in [7, 11) is 0. The minimum absolute atomic E-state index is 0.0998. The van der Waals surface area contributed by atoms with E-state index in [4.69, 9.17) is 0 Å². The summed E-state index contributed by atoms with van der Waals surface area (Å²) in [5, 5.41) is 21.3. The van der Waals surface area contributed by atoms with Crippen molar-refractivity contribution in [3.05, 3.63) is 69.1 Å². The quantitative estimate of drug-likeness (QED) is 0.471. The second kappa shape index (κ2) is 7.96. The minimum Gasteiger partial charge on any atom is -0.508 e. The molecule has 148 valence electrons. The lowest BCUT2D eigenvalue weighted by Crippen LogP contribution is -2.48. The van der Waals surface area contributed by atoms with Gasteiger partial charge < -0.3 is 14.9 Å². The maximum Gasteiger partial charge on any atom is 0.292 e. The van der Waals surface area contributed by atoms with Gasteiger partial charge in [-0.1, -0.05) is 24.3 Å². The molecular formula is C20H18N4O4S. The van der Waals surface area contributed by atoms with Crippen LogP contribution < -0.4 is 4.90 Å². The summed E-state index contributed by atoms with van der Waals surface area (Å²) in [4.78, 5) is 31.9. The molecule has 0 radical (unpaired) electrons. The minimum atomic E-state index is -0.363. The lowest BCUT2D eigenvalue weighted by atomic mass is 10.2. The Hall–Kier alpha value is -3.33. The van der Waals surface area contributed by atoms with Crippen molar-refractivity contribution < 1.29 is 14.8 Å². The Morgan fingerprint density at radius 2 is 1.69 bits per heavy atom. The van der Waals surface area contributed by atoms with E-state index in [9.17, 15) is 20.0 Å². The number of hydrogen-bond acceptors (Lipinski definition) is 7. The third kappa shape index (κ3) is 4.09. The highest BCUT2D eigenvalue weighted by molar-refractivity contribution is 8.18. The highest BCUT2D eigenvalue weighted by atomic mass is 32.2. The first-order valence-electron chi connectivity index (χ1n) is 9.06. The Bertz CT molecular complexity index is 1010. The number of amidine groups is 1. The molecule has 8 nitrogen and oxygen atoms in total. The number of para-hydroxylation sites is 2. The normalized spacial score (nSPS) is 18.3. The third-order valence-corrected chi connectivity index (χ3v) is 5.81. The van der Waals surface area contributed by atoms with Crippen LogP contribution in [0.2, 0.25) is 0 Å². The van der Waals surface area contributed by atoms with Gasteiger partial charge in [0.25, 0.3) is 11.6 Å². The number of phenolic OH excluding ortho intramolecular Hbond substituents is 1. The maximum atomic E-state index is 12.3. The third-order valence-electron chi connectivity index (χ3n) is 4.77. The summed E-state index contributed by atoms with van der Waals surface area (Å²) in [5.41, 5.74) is 1.53. The van der Waals surface area contributed by atoms with Gasteiger partial charge in [-0.05, 0) is 41.6 Å². The highest BCUT2D eigenvalue weighted by Crippen LogP contribution is 2.32. The van der Waals surface area contributed by atoms with Gasteiger partial charge in [0.2, 0.25) is 0 Å². The molecular weight excluding hydrogens is 392 g/mol. The van der Waals surface area contributed by atoms with Crippen LogP contribution in [0.25, 0.3) is 6.08 Å². The number of carbonyl (C=O) groups excluding carboxylic acids is 1. The van der Waals surface area contributed by atoms with Gasteiger partial charge in [-0.3, -0.25) is 14.9 Å². The molecule has 1 amide bonds. The van der Waals surface area contributed by atoms with Crippen molar-refractivity contribution in [3.63, 3.8) is 0 Å². The van der Waals surface area contributed by atoms with Gasteiger partial charge in [0.05, 0.1) is 9.83 Å². The number of carbonyl (C=O) groups is 1. The first-order chi connectivity index (χ1) is 14.0. The molecule has 4 rings (SSSR count). The zero-order valence-electron chi connectivity index (χ0n) is 15.4. The van der Waals surface area contributed by atoms with Crippen LogP contribution in [-0.4, -0.2) is 52.2 Å². The lowest BCUT2D eigenvalue weighted by Gasteiger charge is -2.36. The molecule has 0 unspecified atom stereocenters. The average Bonchev–Trinajstić information content (AvgIpc) is 3.10. The number of anilines is 1. The summed E-state index contributed by atoms with van der Waals surface area (Å²) in [5.74, 6) is -0.106. The molecule has 0 spiro atoms. The number of phenols is 1.